The van der Waals surface area contributed by atoms with E-state index in [1.54, 1.807) is 18.2 Å². The number of halogens is 2. The molecule has 0 radical (unpaired) electrons. The summed E-state index contributed by atoms with van der Waals surface area (Å²) in [6, 6.07) is 16.0. The molecule has 1 unspecified atom stereocenters. The van der Waals surface area contributed by atoms with E-state index in [2.05, 4.69) is 39.8 Å². The van der Waals surface area contributed by atoms with Crippen molar-refractivity contribution in [1.82, 2.24) is 15.3 Å². The summed E-state index contributed by atoms with van der Waals surface area (Å²) in [6.45, 7) is 4.72. The number of amides is 1. The van der Waals surface area contributed by atoms with Crippen molar-refractivity contribution in [3.8, 4) is 0 Å². The SMILES string of the molecule is CC(C)CC(Nc1cc(CO)nc(NCc2cccc(Cl)c2)n1)C(=O)NCc1ccc(Cl)cc1. The van der Waals surface area contributed by atoms with Crippen LogP contribution in [0.4, 0.5) is 11.8 Å². The number of aromatic nitrogens is 2. The van der Waals surface area contributed by atoms with Crippen LogP contribution in [0.2, 0.25) is 10.0 Å². The molecule has 9 heteroatoms. The average Bonchev–Trinajstić information content (AvgIpc) is 2.81. The first kappa shape index (κ1) is 25.7. The molecule has 4 N–H and O–H groups in total. The topological polar surface area (TPSA) is 99.2 Å². The van der Waals surface area contributed by atoms with Crippen molar-refractivity contribution in [2.75, 3.05) is 10.6 Å². The van der Waals surface area contributed by atoms with E-state index in [0.717, 1.165) is 11.1 Å². The Balaban J connectivity index is 1.70. The van der Waals surface area contributed by atoms with Crippen molar-refractivity contribution >= 4 is 40.9 Å². The summed E-state index contributed by atoms with van der Waals surface area (Å²) in [5, 5.41) is 20.3. The van der Waals surface area contributed by atoms with E-state index >= 15 is 0 Å². The molecule has 1 heterocycles. The predicted molar refractivity (Wildman–Crippen MR) is 137 cm³/mol. The fourth-order valence-electron chi connectivity index (χ4n) is 3.36. The first-order valence-electron chi connectivity index (χ1n) is 11.1. The number of carbonyl (C=O) groups excluding carboxylic acids is 1. The standard InChI is InChI=1S/C25H29Cl2N5O2/c1-16(2)10-22(24(34)28-13-17-6-8-19(26)9-7-17)31-23-12-21(15-33)30-25(32-23)29-14-18-4-3-5-20(27)11-18/h3-9,11-12,16,22,33H,10,13-15H2,1-2H3,(H,28,34)(H2,29,30,31,32). The van der Waals surface area contributed by atoms with Crippen LogP contribution < -0.4 is 16.0 Å². The summed E-state index contributed by atoms with van der Waals surface area (Å²) >= 11 is 12.0. The number of carbonyl (C=O) groups is 1. The van der Waals surface area contributed by atoms with Crippen LogP contribution in [-0.2, 0) is 24.5 Å². The molecule has 3 aromatic rings. The Bertz CT molecular complexity index is 1090. The van der Waals surface area contributed by atoms with Crippen LogP contribution in [0, 0.1) is 5.92 Å². The van der Waals surface area contributed by atoms with E-state index in [1.807, 2.05) is 36.4 Å². The summed E-state index contributed by atoms with van der Waals surface area (Å²) in [4.78, 5) is 21.8. The second-order valence-electron chi connectivity index (χ2n) is 8.38. The van der Waals surface area contributed by atoms with E-state index in [4.69, 9.17) is 23.2 Å². The second-order valence-corrected chi connectivity index (χ2v) is 9.25. The van der Waals surface area contributed by atoms with Gasteiger partial charge in [-0.2, -0.15) is 4.98 Å². The van der Waals surface area contributed by atoms with Gasteiger partial charge in [0.15, 0.2) is 0 Å². The number of nitrogens with zero attached hydrogens (tertiary/aromatic N) is 2. The third-order valence-electron chi connectivity index (χ3n) is 5.01. The van der Waals surface area contributed by atoms with E-state index in [9.17, 15) is 9.90 Å². The lowest BCUT2D eigenvalue weighted by molar-refractivity contribution is -0.122. The first-order chi connectivity index (χ1) is 16.3. The molecule has 0 saturated heterocycles. The van der Waals surface area contributed by atoms with Gasteiger partial charge in [0, 0.05) is 29.2 Å². The maximum atomic E-state index is 13.0. The van der Waals surface area contributed by atoms with Crippen LogP contribution in [0.25, 0.3) is 0 Å². The normalized spacial score (nSPS) is 11.8. The number of benzene rings is 2. The van der Waals surface area contributed by atoms with Gasteiger partial charge in [0.25, 0.3) is 0 Å². The zero-order chi connectivity index (χ0) is 24.5. The van der Waals surface area contributed by atoms with Crippen molar-refractivity contribution in [2.45, 2.75) is 46.0 Å². The summed E-state index contributed by atoms with van der Waals surface area (Å²) < 4.78 is 0. The molecule has 0 aliphatic heterocycles. The molecule has 1 amide bonds. The highest BCUT2D eigenvalue weighted by Crippen LogP contribution is 2.17. The molecule has 7 nitrogen and oxygen atoms in total. The van der Waals surface area contributed by atoms with Crippen molar-refractivity contribution < 1.29 is 9.90 Å². The lowest BCUT2D eigenvalue weighted by atomic mass is 10.0. The zero-order valence-electron chi connectivity index (χ0n) is 19.2. The largest absolute Gasteiger partial charge is 0.390 e. The van der Waals surface area contributed by atoms with Gasteiger partial charge in [0.1, 0.15) is 11.9 Å². The molecule has 0 aliphatic rings. The van der Waals surface area contributed by atoms with Crippen molar-refractivity contribution in [1.29, 1.82) is 0 Å². The number of hydrogen-bond acceptors (Lipinski definition) is 6. The third-order valence-corrected chi connectivity index (χ3v) is 5.49. The van der Waals surface area contributed by atoms with E-state index in [0.29, 0.717) is 47.0 Å². The van der Waals surface area contributed by atoms with Crippen LogP contribution in [-0.4, -0.2) is 27.0 Å². The van der Waals surface area contributed by atoms with Gasteiger partial charge in [-0.1, -0.05) is 61.3 Å². The molecule has 34 heavy (non-hydrogen) atoms. The summed E-state index contributed by atoms with van der Waals surface area (Å²) in [7, 11) is 0. The monoisotopic (exact) mass is 501 g/mol. The Labute approximate surface area is 209 Å². The maximum Gasteiger partial charge on any atom is 0.242 e. The van der Waals surface area contributed by atoms with Gasteiger partial charge < -0.3 is 21.1 Å². The molecule has 0 aliphatic carbocycles. The number of nitrogens with one attached hydrogen (secondary N) is 3. The van der Waals surface area contributed by atoms with Crippen LogP contribution >= 0.6 is 23.2 Å². The third kappa shape index (κ3) is 8.17. The van der Waals surface area contributed by atoms with Crippen molar-refractivity contribution in [3.63, 3.8) is 0 Å². The molecule has 0 fully saturated rings. The Morgan fingerprint density at radius 3 is 2.41 bits per heavy atom. The number of rotatable bonds is 11. The van der Waals surface area contributed by atoms with E-state index in [1.165, 1.54) is 0 Å². The van der Waals surface area contributed by atoms with Gasteiger partial charge in [0.05, 0.1) is 12.3 Å². The number of anilines is 2. The Morgan fingerprint density at radius 1 is 0.971 bits per heavy atom. The minimum absolute atomic E-state index is 0.138. The fraction of sp³-hybridized carbons (Fsp3) is 0.320. The molecule has 180 valence electrons. The van der Waals surface area contributed by atoms with Crippen LogP contribution in [0.3, 0.4) is 0 Å². The molecule has 0 saturated carbocycles. The highest BCUT2D eigenvalue weighted by Gasteiger charge is 2.21. The maximum absolute atomic E-state index is 13.0. The number of aliphatic hydroxyl groups excluding tert-OH is 1. The first-order valence-corrected chi connectivity index (χ1v) is 11.8. The Hall–Kier alpha value is -2.87. The lowest BCUT2D eigenvalue weighted by Gasteiger charge is -2.21. The minimum Gasteiger partial charge on any atom is -0.390 e. The molecular formula is C25H29Cl2N5O2. The molecule has 0 bridgehead atoms. The van der Waals surface area contributed by atoms with Gasteiger partial charge in [0.2, 0.25) is 11.9 Å². The minimum atomic E-state index is -0.505. The summed E-state index contributed by atoms with van der Waals surface area (Å²) in [5.41, 5.74) is 2.37. The fourth-order valence-corrected chi connectivity index (χ4v) is 3.69. The quantitative estimate of drug-likeness (QED) is 0.294. The van der Waals surface area contributed by atoms with Crippen LogP contribution in [0.5, 0.6) is 0 Å². The van der Waals surface area contributed by atoms with Gasteiger partial charge in [-0.05, 0) is 47.7 Å². The second kappa shape index (κ2) is 12.6. The summed E-state index contributed by atoms with van der Waals surface area (Å²) in [5.74, 6) is 0.943. The molecule has 3 rings (SSSR count). The molecule has 0 spiro atoms. The Kier molecular flexibility index (Phi) is 9.51. The lowest BCUT2D eigenvalue weighted by Crippen LogP contribution is -2.40. The highest BCUT2D eigenvalue weighted by molar-refractivity contribution is 6.30. The molecule has 2 aromatic carbocycles. The number of aliphatic hydroxyl groups is 1. The smallest absolute Gasteiger partial charge is 0.242 e. The average molecular weight is 502 g/mol. The molecule has 1 atom stereocenters. The molecule has 1 aromatic heterocycles. The summed E-state index contributed by atoms with van der Waals surface area (Å²) in [6.07, 6.45) is 0.607. The van der Waals surface area contributed by atoms with E-state index in [-0.39, 0.29) is 18.4 Å². The predicted octanol–water partition coefficient (Wildman–Crippen LogP) is 5.03. The van der Waals surface area contributed by atoms with Gasteiger partial charge in [-0.25, -0.2) is 4.98 Å². The molecular weight excluding hydrogens is 473 g/mol. The van der Waals surface area contributed by atoms with E-state index < -0.39 is 6.04 Å². The van der Waals surface area contributed by atoms with Crippen LogP contribution in [0.1, 0.15) is 37.1 Å². The van der Waals surface area contributed by atoms with Crippen molar-refractivity contribution in [2.24, 2.45) is 5.92 Å². The number of hydrogen-bond donors (Lipinski definition) is 4. The van der Waals surface area contributed by atoms with Crippen molar-refractivity contribution in [3.05, 3.63) is 81.5 Å². The van der Waals surface area contributed by atoms with Gasteiger partial charge in [-0.15, -0.1) is 0 Å². The highest BCUT2D eigenvalue weighted by atomic mass is 35.5. The van der Waals surface area contributed by atoms with Gasteiger partial charge >= 0.3 is 0 Å². The van der Waals surface area contributed by atoms with Crippen LogP contribution in [0.15, 0.2) is 54.6 Å². The Morgan fingerprint density at radius 2 is 1.74 bits per heavy atom. The van der Waals surface area contributed by atoms with Gasteiger partial charge in [-0.3, -0.25) is 4.79 Å². The zero-order valence-corrected chi connectivity index (χ0v) is 20.7.